The number of nitrogens with two attached hydrogens (primary N) is 1. The van der Waals surface area contributed by atoms with Gasteiger partial charge in [0.1, 0.15) is 5.82 Å². The summed E-state index contributed by atoms with van der Waals surface area (Å²) < 4.78 is 13.4. The van der Waals surface area contributed by atoms with Crippen LogP contribution in [0.3, 0.4) is 0 Å². The molecular formula is C12H16FN3O2. The zero-order valence-corrected chi connectivity index (χ0v) is 10.1. The Morgan fingerprint density at radius 1 is 1.33 bits per heavy atom. The van der Waals surface area contributed by atoms with Gasteiger partial charge < -0.3 is 16.4 Å². The third-order valence-corrected chi connectivity index (χ3v) is 2.38. The standard InChI is InChI=1S/C12H16FN3O2/c1-8(9-4-2-3-5-10(9)13)16-12(18)7-15-11(17)6-14/h2-5,8H,6-7,14H2,1H3,(H,15,17)(H,16,18). The number of hydrogen-bond acceptors (Lipinski definition) is 3. The van der Waals surface area contributed by atoms with Gasteiger partial charge in [-0.1, -0.05) is 18.2 Å². The highest BCUT2D eigenvalue weighted by Crippen LogP contribution is 2.15. The van der Waals surface area contributed by atoms with Crippen molar-refractivity contribution in [3.05, 3.63) is 35.6 Å². The van der Waals surface area contributed by atoms with Crippen molar-refractivity contribution in [1.29, 1.82) is 0 Å². The van der Waals surface area contributed by atoms with Crippen LogP contribution in [0, 0.1) is 5.82 Å². The van der Waals surface area contributed by atoms with Gasteiger partial charge >= 0.3 is 0 Å². The van der Waals surface area contributed by atoms with E-state index in [1.807, 2.05) is 0 Å². The van der Waals surface area contributed by atoms with E-state index < -0.39 is 17.9 Å². The van der Waals surface area contributed by atoms with Crippen molar-refractivity contribution in [3.63, 3.8) is 0 Å². The molecule has 5 nitrogen and oxygen atoms in total. The van der Waals surface area contributed by atoms with Crippen molar-refractivity contribution in [1.82, 2.24) is 10.6 Å². The fourth-order valence-electron chi connectivity index (χ4n) is 1.45. The van der Waals surface area contributed by atoms with Gasteiger partial charge in [-0.2, -0.15) is 0 Å². The van der Waals surface area contributed by atoms with E-state index >= 15 is 0 Å². The Bertz CT molecular complexity index is 437. The Morgan fingerprint density at radius 3 is 2.61 bits per heavy atom. The Labute approximate surface area is 105 Å². The first-order valence-electron chi connectivity index (χ1n) is 5.55. The van der Waals surface area contributed by atoms with E-state index in [9.17, 15) is 14.0 Å². The molecule has 6 heteroatoms. The molecule has 0 saturated heterocycles. The van der Waals surface area contributed by atoms with Gasteiger partial charge in [-0.25, -0.2) is 4.39 Å². The van der Waals surface area contributed by atoms with E-state index in [2.05, 4.69) is 10.6 Å². The first-order valence-corrected chi connectivity index (χ1v) is 5.55. The minimum Gasteiger partial charge on any atom is -0.348 e. The molecule has 1 aromatic rings. The summed E-state index contributed by atoms with van der Waals surface area (Å²) in [7, 11) is 0. The molecule has 1 unspecified atom stereocenters. The van der Waals surface area contributed by atoms with Crippen LogP contribution in [0.15, 0.2) is 24.3 Å². The van der Waals surface area contributed by atoms with Gasteiger partial charge in [0.2, 0.25) is 11.8 Å². The fourth-order valence-corrected chi connectivity index (χ4v) is 1.45. The number of amides is 2. The SMILES string of the molecule is CC(NC(=O)CNC(=O)CN)c1ccccc1F. The lowest BCUT2D eigenvalue weighted by Crippen LogP contribution is -2.40. The van der Waals surface area contributed by atoms with Gasteiger partial charge in [0.15, 0.2) is 0 Å². The summed E-state index contributed by atoms with van der Waals surface area (Å²) in [6, 6.07) is 5.73. The maximum atomic E-state index is 13.4. The van der Waals surface area contributed by atoms with Gasteiger partial charge in [-0.3, -0.25) is 9.59 Å². The molecule has 0 aromatic heterocycles. The zero-order chi connectivity index (χ0) is 13.5. The Kier molecular flexibility index (Phi) is 5.26. The van der Waals surface area contributed by atoms with Crippen LogP contribution < -0.4 is 16.4 Å². The molecule has 0 heterocycles. The topological polar surface area (TPSA) is 84.2 Å². The first kappa shape index (κ1) is 14.1. The zero-order valence-electron chi connectivity index (χ0n) is 10.1. The van der Waals surface area contributed by atoms with Gasteiger partial charge in [0.25, 0.3) is 0 Å². The lowest BCUT2D eigenvalue weighted by Gasteiger charge is -2.15. The van der Waals surface area contributed by atoms with Gasteiger partial charge in [0.05, 0.1) is 19.1 Å². The normalized spacial score (nSPS) is 11.7. The van der Waals surface area contributed by atoms with Crippen LogP contribution in [0.1, 0.15) is 18.5 Å². The van der Waals surface area contributed by atoms with E-state index in [1.54, 1.807) is 25.1 Å². The predicted molar refractivity (Wildman–Crippen MR) is 65.0 cm³/mol. The minimum atomic E-state index is -0.464. The molecule has 2 amide bonds. The Hall–Kier alpha value is -1.95. The molecule has 0 bridgehead atoms. The average Bonchev–Trinajstić information content (AvgIpc) is 2.36. The number of carbonyl (C=O) groups is 2. The van der Waals surface area contributed by atoms with Gasteiger partial charge in [0, 0.05) is 5.56 Å². The van der Waals surface area contributed by atoms with Crippen LogP contribution in [0.4, 0.5) is 4.39 Å². The molecule has 0 saturated carbocycles. The summed E-state index contributed by atoms with van der Waals surface area (Å²) in [5.41, 5.74) is 5.48. The smallest absolute Gasteiger partial charge is 0.239 e. The number of nitrogens with one attached hydrogen (secondary N) is 2. The van der Waals surface area contributed by atoms with Crippen LogP contribution in [-0.4, -0.2) is 24.9 Å². The summed E-state index contributed by atoms with van der Waals surface area (Å²) in [4.78, 5) is 22.3. The number of halogens is 1. The largest absolute Gasteiger partial charge is 0.348 e. The molecule has 0 spiro atoms. The fraction of sp³-hybridized carbons (Fsp3) is 0.333. The summed E-state index contributed by atoms with van der Waals surface area (Å²) in [6.07, 6.45) is 0. The highest BCUT2D eigenvalue weighted by atomic mass is 19.1. The van der Waals surface area contributed by atoms with Crippen molar-refractivity contribution in [3.8, 4) is 0 Å². The maximum absolute atomic E-state index is 13.4. The van der Waals surface area contributed by atoms with Crippen LogP contribution in [-0.2, 0) is 9.59 Å². The number of benzene rings is 1. The highest BCUT2D eigenvalue weighted by molar-refractivity contribution is 5.85. The van der Waals surface area contributed by atoms with Crippen molar-refractivity contribution in [2.75, 3.05) is 13.1 Å². The third kappa shape index (κ3) is 4.14. The van der Waals surface area contributed by atoms with Gasteiger partial charge in [-0.05, 0) is 13.0 Å². The van der Waals surface area contributed by atoms with Crippen molar-refractivity contribution >= 4 is 11.8 Å². The van der Waals surface area contributed by atoms with E-state index in [4.69, 9.17) is 5.73 Å². The van der Waals surface area contributed by atoms with Crippen molar-refractivity contribution in [2.45, 2.75) is 13.0 Å². The van der Waals surface area contributed by atoms with Crippen LogP contribution in [0.5, 0.6) is 0 Å². The number of rotatable bonds is 5. The average molecular weight is 253 g/mol. The lowest BCUT2D eigenvalue weighted by atomic mass is 10.1. The molecule has 0 fully saturated rings. The molecule has 1 rings (SSSR count). The second-order valence-electron chi connectivity index (χ2n) is 3.79. The number of carbonyl (C=O) groups excluding carboxylic acids is 2. The summed E-state index contributed by atoms with van der Waals surface area (Å²) in [5.74, 6) is -1.19. The molecule has 1 atom stereocenters. The summed E-state index contributed by atoms with van der Waals surface area (Å²) in [5, 5.41) is 4.92. The maximum Gasteiger partial charge on any atom is 0.239 e. The van der Waals surface area contributed by atoms with Crippen molar-refractivity contribution in [2.24, 2.45) is 5.73 Å². The second kappa shape index (κ2) is 6.70. The third-order valence-electron chi connectivity index (χ3n) is 2.38. The van der Waals surface area contributed by atoms with E-state index in [0.29, 0.717) is 5.56 Å². The molecule has 1 aromatic carbocycles. The summed E-state index contributed by atoms with van der Waals surface area (Å²) >= 11 is 0. The lowest BCUT2D eigenvalue weighted by molar-refractivity contribution is -0.125. The Morgan fingerprint density at radius 2 is 2.00 bits per heavy atom. The first-order chi connectivity index (χ1) is 8.54. The Balaban J connectivity index is 2.50. The molecule has 18 heavy (non-hydrogen) atoms. The highest BCUT2D eigenvalue weighted by Gasteiger charge is 2.13. The molecule has 0 aliphatic rings. The molecule has 0 aliphatic heterocycles. The van der Waals surface area contributed by atoms with E-state index in [1.165, 1.54) is 6.07 Å². The number of hydrogen-bond donors (Lipinski definition) is 3. The minimum absolute atomic E-state index is 0.170. The van der Waals surface area contributed by atoms with Crippen molar-refractivity contribution < 1.29 is 14.0 Å². The molecule has 98 valence electrons. The molecular weight excluding hydrogens is 237 g/mol. The van der Waals surface area contributed by atoms with Crippen LogP contribution in [0.25, 0.3) is 0 Å². The molecule has 4 N–H and O–H groups in total. The quantitative estimate of drug-likeness (QED) is 0.694. The predicted octanol–water partition coefficient (Wildman–Crippen LogP) is 0.0778. The molecule has 0 radical (unpaired) electrons. The summed E-state index contributed by atoms with van der Waals surface area (Å²) in [6.45, 7) is 1.33. The molecule has 0 aliphatic carbocycles. The van der Waals surface area contributed by atoms with Gasteiger partial charge in [-0.15, -0.1) is 0 Å². The van der Waals surface area contributed by atoms with E-state index in [0.717, 1.165) is 0 Å². The van der Waals surface area contributed by atoms with Crippen LogP contribution >= 0.6 is 0 Å². The second-order valence-corrected chi connectivity index (χ2v) is 3.79. The monoisotopic (exact) mass is 253 g/mol. The van der Waals surface area contributed by atoms with Crippen LogP contribution in [0.2, 0.25) is 0 Å². The van der Waals surface area contributed by atoms with E-state index in [-0.39, 0.29) is 18.9 Å².